The van der Waals surface area contributed by atoms with E-state index in [4.69, 9.17) is 9.15 Å². The molecule has 1 aliphatic carbocycles. The van der Waals surface area contributed by atoms with E-state index < -0.39 is 0 Å². The number of ether oxygens (including phenoxy) is 1. The van der Waals surface area contributed by atoms with E-state index in [-0.39, 0.29) is 5.63 Å². The molecule has 0 radical (unpaired) electrons. The Morgan fingerprint density at radius 1 is 0.629 bits per heavy atom. The second-order valence-electron chi connectivity index (χ2n) is 8.45. The first kappa shape index (κ1) is 20.9. The maximum atomic E-state index is 13.6. The highest BCUT2D eigenvalue weighted by atomic mass is 16.5. The number of rotatable bonds is 4. The monoisotopic (exact) mass is 454 g/mol. The van der Waals surface area contributed by atoms with Crippen LogP contribution in [0.2, 0.25) is 0 Å². The molecule has 0 spiro atoms. The van der Waals surface area contributed by atoms with Gasteiger partial charge in [-0.15, -0.1) is 0 Å². The van der Waals surface area contributed by atoms with Crippen molar-refractivity contribution in [2.45, 2.75) is 0 Å². The van der Waals surface area contributed by atoms with Crippen LogP contribution < -0.4 is 10.4 Å². The Balaban J connectivity index is 1.73. The lowest BCUT2D eigenvalue weighted by Crippen LogP contribution is -2.08. The highest BCUT2D eigenvalue weighted by Crippen LogP contribution is 2.50. The normalized spacial score (nSPS) is 12.9. The fourth-order valence-corrected chi connectivity index (χ4v) is 4.81. The van der Waals surface area contributed by atoms with Crippen LogP contribution in [0.3, 0.4) is 0 Å². The van der Waals surface area contributed by atoms with Crippen LogP contribution in [0, 0.1) is 0 Å². The van der Waals surface area contributed by atoms with Gasteiger partial charge in [0.15, 0.2) is 0 Å². The van der Waals surface area contributed by atoms with E-state index in [1.165, 1.54) is 0 Å². The lowest BCUT2D eigenvalue weighted by Gasteiger charge is -2.15. The summed E-state index contributed by atoms with van der Waals surface area (Å²) in [5.74, 6) is 1.35. The minimum Gasteiger partial charge on any atom is -0.497 e. The van der Waals surface area contributed by atoms with Crippen LogP contribution in [0.4, 0.5) is 0 Å². The highest BCUT2D eigenvalue weighted by Gasteiger charge is 2.32. The summed E-state index contributed by atoms with van der Waals surface area (Å²) in [7, 11) is 1.63. The molecule has 0 amide bonds. The number of hydrogen-bond donors (Lipinski definition) is 0. The SMILES string of the molecule is COc1ccc(-c2c(-c3ccccc3)c3c(oc2=O)-c2ccccc2/C3=C\c2ccccc2)cc1. The van der Waals surface area contributed by atoms with Crippen LogP contribution >= 0.6 is 0 Å². The Hall–Kier alpha value is -4.63. The van der Waals surface area contributed by atoms with Crippen molar-refractivity contribution in [2.75, 3.05) is 7.11 Å². The Labute approximate surface area is 203 Å². The molecule has 0 atom stereocenters. The van der Waals surface area contributed by atoms with Crippen LogP contribution in [0.15, 0.2) is 118 Å². The molecule has 4 aromatic carbocycles. The van der Waals surface area contributed by atoms with E-state index in [0.717, 1.165) is 50.3 Å². The average molecular weight is 455 g/mol. The standard InChI is InChI=1S/C32H22O3/c1-34-24-18-16-23(17-19-24)29-28(22-12-6-3-7-13-22)30-27(20-21-10-4-2-5-11-21)25-14-8-9-15-26(25)31(30)35-32(29)33/h2-20H,1H3/b27-20+. The third-order valence-electron chi connectivity index (χ3n) is 6.41. The van der Waals surface area contributed by atoms with Crippen molar-refractivity contribution in [3.8, 4) is 39.3 Å². The molecular weight excluding hydrogens is 432 g/mol. The minimum absolute atomic E-state index is 0.358. The maximum absolute atomic E-state index is 13.6. The van der Waals surface area contributed by atoms with Crippen molar-refractivity contribution >= 4 is 11.6 Å². The first-order valence-corrected chi connectivity index (χ1v) is 11.5. The minimum atomic E-state index is -0.358. The van der Waals surface area contributed by atoms with Gasteiger partial charge in [0.05, 0.1) is 12.7 Å². The molecule has 168 valence electrons. The molecule has 1 aliphatic rings. The molecule has 3 nitrogen and oxygen atoms in total. The zero-order chi connectivity index (χ0) is 23.8. The molecule has 3 heteroatoms. The molecule has 0 unspecified atom stereocenters. The van der Waals surface area contributed by atoms with Gasteiger partial charge in [0, 0.05) is 16.7 Å². The van der Waals surface area contributed by atoms with Gasteiger partial charge in [0.1, 0.15) is 11.5 Å². The number of benzene rings is 4. The van der Waals surface area contributed by atoms with Gasteiger partial charge >= 0.3 is 5.63 Å². The fourth-order valence-electron chi connectivity index (χ4n) is 4.81. The molecule has 0 saturated carbocycles. The quantitative estimate of drug-likeness (QED) is 0.276. The van der Waals surface area contributed by atoms with E-state index in [1.54, 1.807) is 7.11 Å². The second kappa shape index (κ2) is 8.62. The number of methoxy groups -OCH3 is 1. The molecule has 0 N–H and O–H groups in total. The molecule has 5 aromatic rings. The molecule has 0 saturated heterocycles. The fraction of sp³-hybridized carbons (Fsp3) is 0.0312. The Bertz CT molecular complexity index is 1610. The predicted molar refractivity (Wildman–Crippen MR) is 141 cm³/mol. The van der Waals surface area contributed by atoms with Crippen LogP contribution in [-0.2, 0) is 0 Å². The van der Waals surface area contributed by atoms with Crippen molar-refractivity contribution in [1.29, 1.82) is 0 Å². The van der Waals surface area contributed by atoms with Crippen molar-refractivity contribution in [3.05, 3.63) is 136 Å². The molecule has 0 aliphatic heterocycles. The summed E-state index contributed by atoms with van der Waals surface area (Å²) in [5, 5.41) is 0. The molecule has 0 bridgehead atoms. The van der Waals surface area contributed by atoms with Gasteiger partial charge in [-0.3, -0.25) is 0 Å². The van der Waals surface area contributed by atoms with Gasteiger partial charge in [-0.25, -0.2) is 4.79 Å². The van der Waals surface area contributed by atoms with Crippen LogP contribution in [-0.4, -0.2) is 7.11 Å². The average Bonchev–Trinajstić information content (AvgIpc) is 3.22. The van der Waals surface area contributed by atoms with Gasteiger partial charge in [0.2, 0.25) is 0 Å². The van der Waals surface area contributed by atoms with E-state index in [9.17, 15) is 4.79 Å². The highest BCUT2D eigenvalue weighted by molar-refractivity contribution is 6.11. The summed E-state index contributed by atoms with van der Waals surface area (Å²) in [5.41, 5.74) is 7.87. The topological polar surface area (TPSA) is 39.4 Å². The van der Waals surface area contributed by atoms with E-state index >= 15 is 0 Å². The van der Waals surface area contributed by atoms with E-state index in [1.807, 2.05) is 91.0 Å². The summed E-state index contributed by atoms with van der Waals surface area (Å²) < 4.78 is 11.4. The van der Waals surface area contributed by atoms with Gasteiger partial charge in [-0.1, -0.05) is 97.1 Å². The second-order valence-corrected chi connectivity index (χ2v) is 8.45. The van der Waals surface area contributed by atoms with Crippen LogP contribution in [0.1, 0.15) is 16.7 Å². The van der Waals surface area contributed by atoms with Gasteiger partial charge in [0.25, 0.3) is 0 Å². The number of fused-ring (bicyclic) bond motifs is 3. The zero-order valence-electron chi connectivity index (χ0n) is 19.2. The summed E-state index contributed by atoms with van der Waals surface area (Å²) in [4.78, 5) is 13.6. The van der Waals surface area contributed by atoms with Crippen LogP contribution in [0.5, 0.6) is 5.75 Å². The van der Waals surface area contributed by atoms with Gasteiger partial charge < -0.3 is 9.15 Å². The summed E-state index contributed by atoms with van der Waals surface area (Å²) in [6.45, 7) is 0. The molecule has 0 fully saturated rings. The number of hydrogen-bond acceptors (Lipinski definition) is 3. The first-order chi connectivity index (χ1) is 17.2. The lowest BCUT2D eigenvalue weighted by molar-refractivity contribution is 0.415. The summed E-state index contributed by atoms with van der Waals surface area (Å²) in [6, 6.07) is 36.0. The smallest absolute Gasteiger partial charge is 0.344 e. The van der Waals surface area contributed by atoms with Gasteiger partial charge in [-0.05, 0) is 46.0 Å². The van der Waals surface area contributed by atoms with Crippen molar-refractivity contribution in [1.82, 2.24) is 0 Å². The Morgan fingerprint density at radius 2 is 1.23 bits per heavy atom. The molecular formula is C32H22O3. The summed E-state index contributed by atoms with van der Waals surface area (Å²) in [6.07, 6.45) is 2.18. The zero-order valence-corrected chi connectivity index (χ0v) is 19.2. The predicted octanol–water partition coefficient (Wildman–Crippen LogP) is 7.55. The molecule has 6 rings (SSSR count). The Morgan fingerprint density at radius 3 is 1.91 bits per heavy atom. The largest absolute Gasteiger partial charge is 0.497 e. The van der Waals surface area contributed by atoms with Crippen molar-refractivity contribution < 1.29 is 9.15 Å². The van der Waals surface area contributed by atoms with E-state index in [0.29, 0.717) is 11.3 Å². The third kappa shape index (κ3) is 3.58. The third-order valence-corrected chi connectivity index (χ3v) is 6.41. The molecule has 1 heterocycles. The lowest BCUT2D eigenvalue weighted by atomic mass is 9.89. The van der Waals surface area contributed by atoms with Gasteiger partial charge in [-0.2, -0.15) is 0 Å². The Kier molecular flexibility index (Phi) is 5.16. The molecule has 1 aromatic heterocycles. The summed E-state index contributed by atoms with van der Waals surface area (Å²) >= 11 is 0. The van der Waals surface area contributed by atoms with Crippen LogP contribution in [0.25, 0.3) is 45.2 Å². The van der Waals surface area contributed by atoms with E-state index in [2.05, 4.69) is 24.3 Å². The van der Waals surface area contributed by atoms with Crippen molar-refractivity contribution in [3.63, 3.8) is 0 Å². The maximum Gasteiger partial charge on any atom is 0.344 e. The van der Waals surface area contributed by atoms with Crippen molar-refractivity contribution in [2.24, 2.45) is 0 Å². The molecule has 35 heavy (non-hydrogen) atoms. The first-order valence-electron chi connectivity index (χ1n) is 11.5.